The standard InChI is InChI=1S/C27H27ClF3N3O3S/c1-20-8-10-25(11-9-20)38(36,37)34(18-21-4-2-6-23(28)16-21)19-26(35)33-14-12-32(13-15-33)24-7-3-5-22(17-24)27(29,30)31/h2-11,16-17H,12-15,18-19H2,1H3. The van der Waals surface area contributed by atoms with Crippen LogP contribution in [0.1, 0.15) is 16.7 Å². The van der Waals surface area contributed by atoms with Gasteiger partial charge in [-0.3, -0.25) is 4.79 Å². The number of aryl methyl sites for hydroxylation is 1. The van der Waals surface area contributed by atoms with E-state index in [1.54, 1.807) is 52.3 Å². The Bertz CT molecular complexity index is 1390. The maximum Gasteiger partial charge on any atom is 0.416 e. The highest BCUT2D eigenvalue weighted by Gasteiger charge is 2.32. The molecule has 6 nitrogen and oxygen atoms in total. The van der Waals surface area contributed by atoms with Crippen molar-refractivity contribution in [2.24, 2.45) is 0 Å². The molecule has 202 valence electrons. The lowest BCUT2D eigenvalue weighted by Gasteiger charge is -2.37. The molecule has 0 bridgehead atoms. The highest BCUT2D eigenvalue weighted by Crippen LogP contribution is 2.32. The Morgan fingerprint density at radius 2 is 1.61 bits per heavy atom. The van der Waals surface area contributed by atoms with Crippen LogP contribution in [0.25, 0.3) is 0 Å². The van der Waals surface area contributed by atoms with Gasteiger partial charge in [0.25, 0.3) is 0 Å². The minimum absolute atomic E-state index is 0.0489. The predicted molar refractivity (Wildman–Crippen MR) is 140 cm³/mol. The van der Waals surface area contributed by atoms with E-state index in [1.807, 2.05) is 6.92 Å². The fraction of sp³-hybridized carbons (Fsp3) is 0.296. The van der Waals surface area contributed by atoms with Crippen LogP contribution in [0.2, 0.25) is 5.02 Å². The van der Waals surface area contributed by atoms with E-state index in [9.17, 15) is 26.4 Å². The van der Waals surface area contributed by atoms with Gasteiger partial charge in [-0.15, -0.1) is 0 Å². The molecule has 4 rings (SSSR count). The molecule has 0 radical (unpaired) electrons. The third-order valence-corrected chi connectivity index (χ3v) is 8.43. The number of rotatable bonds is 7. The summed E-state index contributed by atoms with van der Waals surface area (Å²) in [5.74, 6) is -0.383. The van der Waals surface area contributed by atoms with Gasteiger partial charge in [0.05, 0.1) is 17.0 Å². The van der Waals surface area contributed by atoms with Crippen molar-refractivity contribution in [2.75, 3.05) is 37.6 Å². The molecule has 0 aromatic heterocycles. The van der Waals surface area contributed by atoms with E-state index in [2.05, 4.69) is 0 Å². The molecule has 1 amide bonds. The van der Waals surface area contributed by atoms with Crippen LogP contribution in [0.5, 0.6) is 0 Å². The summed E-state index contributed by atoms with van der Waals surface area (Å²) in [4.78, 5) is 16.7. The molecule has 38 heavy (non-hydrogen) atoms. The third kappa shape index (κ3) is 6.67. The van der Waals surface area contributed by atoms with Crippen molar-refractivity contribution in [3.63, 3.8) is 0 Å². The first-order valence-corrected chi connectivity index (χ1v) is 13.8. The summed E-state index contributed by atoms with van der Waals surface area (Å²) in [5.41, 5.74) is 1.23. The molecule has 1 aliphatic rings. The topological polar surface area (TPSA) is 60.9 Å². The van der Waals surface area contributed by atoms with Crippen LogP contribution in [0.3, 0.4) is 0 Å². The molecule has 0 spiro atoms. The number of benzene rings is 3. The van der Waals surface area contributed by atoms with Gasteiger partial charge in [0.2, 0.25) is 15.9 Å². The minimum atomic E-state index is -4.44. The lowest BCUT2D eigenvalue weighted by atomic mass is 10.1. The molecule has 1 saturated heterocycles. The molecule has 0 N–H and O–H groups in total. The summed E-state index contributed by atoms with van der Waals surface area (Å²) in [7, 11) is -4.01. The molecular formula is C27H27ClF3N3O3S. The van der Waals surface area contributed by atoms with Gasteiger partial charge >= 0.3 is 6.18 Å². The van der Waals surface area contributed by atoms with Crippen LogP contribution in [-0.4, -0.2) is 56.3 Å². The van der Waals surface area contributed by atoms with Gasteiger partial charge in [-0.25, -0.2) is 8.42 Å². The van der Waals surface area contributed by atoms with Gasteiger partial charge in [-0.05, 0) is 55.0 Å². The van der Waals surface area contributed by atoms with E-state index in [0.717, 1.165) is 22.0 Å². The molecule has 3 aromatic rings. The first kappa shape index (κ1) is 27.9. The summed E-state index contributed by atoms with van der Waals surface area (Å²) in [5, 5.41) is 0.451. The second kappa shape index (κ2) is 11.3. The summed E-state index contributed by atoms with van der Waals surface area (Å²) in [6.45, 7) is 2.58. The Hall–Kier alpha value is -3.08. The first-order chi connectivity index (χ1) is 17.9. The largest absolute Gasteiger partial charge is 0.416 e. The average Bonchev–Trinajstić information content (AvgIpc) is 2.88. The number of hydrogen-bond donors (Lipinski definition) is 0. The van der Waals surface area contributed by atoms with Crippen LogP contribution in [0, 0.1) is 6.92 Å². The van der Waals surface area contributed by atoms with E-state index < -0.39 is 21.8 Å². The molecule has 0 aliphatic carbocycles. The highest BCUT2D eigenvalue weighted by atomic mass is 35.5. The molecule has 0 saturated carbocycles. The number of sulfonamides is 1. The smallest absolute Gasteiger partial charge is 0.368 e. The number of piperazine rings is 1. The molecule has 11 heteroatoms. The number of hydrogen-bond acceptors (Lipinski definition) is 4. The molecular weight excluding hydrogens is 539 g/mol. The summed E-state index contributed by atoms with van der Waals surface area (Å²) in [6, 6.07) is 18.3. The van der Waals surface area contributed by atoms with Crippen LogP contribution in [-0.2, 0) is 27.5 Å². The van der Waals surface area contributed by atoms with E-state index in [4.69, 9.17) is 11.6 Å². The van der Waals surface area contributed by atoms with Gasteiger partial charge in [0.15, 0.2) is 0 Å². The Kier molecular flexibility index (Phi) is 8.34. The number of halogens is 4. The van der Waals surface area contributed by atoms with Crippen LogP contribution in [0.4, 0.5) is 18.9 Å². The van der Waals surface area contributed by atoms with Crippen molar-refractivity contribution in [1.29, 1.82) is 0 Å². The Balaban J connectivity index is 1.49. The van der Waals surface area contributed by atoms with Gasteiger partial charge in [-0.2, -0.15) is 17.5 Å². The molecule has 1 heterocycles. The number of carbonyl (C=O) groups is 1. The lowest BCUT2D eigenvalue weighted by Crippen LogP contribution is -2.51. The number of nitrogens with zero attached hydrogens (tertiary/aromatic N) is 3. The van der Waals surface area contributed by atoms with Crippen molar-refractivity contribution >= 4 is 33.2 Å². The SMILES string of the molecule is Cc1ccc(S(=O)(=O)N(CC(=O)N2CCN(c3cccc(C(F)(F)F)c3)CC2)Cc2cccc(Cl)c2)cc1. The number of alkyl halides is 3. The van der Waals surface area contributed by atoms with E-state index >= 15 is 0 Å². The highest BCUT2D eigenvalue weighted by molar-refractivity contribution is 7.89. The second-order valence-electron chi connectivity index (χ2n) is 9.13. The fourth-order valence-electron chi connectivity index (χ4n) is 4.27. The minimum Gasteiger partial charge on any atom is -0.368 e. The Morgan fingerprint density at radius 1 is 0.947 bits per heavy atom. The maximum atomic E-state index is 13.5. The van der Waals surface area contributed by atoms with Crippen molar-refractivity contribution in [1.82, 2.24) is 9.21 Å². The van der Waals surface area contributed by atoms with Crippen LogP contribution < -0.4 is 4.90 Å². The summed E-state index contributed by atoms with van der Waals surface area (Å²) >= 11 is 6.09. The predicted octanol–water partition coefficient (Wildman–Crippen LogP) is 5.21. The zero-order valence-electron chi connectivity index (χ0n) is 20.7. The Labute approximate surface area is 225 Å². The molecule has 1 fully saturated rings. The van der Waals surface area contributed by atoms with Crippen molar-refractivity contribution in [3.05, 3.63) is 94.5 Å². The normalized spacial score (nSPS) is 14.7. The number of amides is 1. The van der Waals surface area contributed by atoms with E-state index in [1.165, 1.54) is 18.2 Å². The lowest BCUT2D eigenvalue weighted by molar-refractivity contribution is -0.137. The van der Waals surface area contributed by atoms with Gasteiger partial charge in [0, 0.05) is 43.4 Å². The second-order valence-corrected chi connectivity index (χ2v) is 11.5. The third-order valence-electron chi connectivity index (χ3n) is 6.39. The monoisotopic (exact) mass is 565 g/mol. The maximum absolute atomic E-state index is 13.5. The van der Waals surface area contributed by atoms with E-state index in [-0.39, 0.29) is 37.0 Å². The van der Waals surface area contributed by atoms with Gasteiger partial charge < -0.3 is 9.80 Å². The number of anilines is 1. The molecule has 1 aliphatic heterocycles. The summed E-state index contributed by atoms with van der Waals surface area (Å²) < 4.78 is 67.5. The van der Waals surface area contributed by atoms with Crippen LogP contribution in [0.15, 0.2) is 77.7 Å². The number of carbonyl (C=O) groups excluding carboxylic acids is 1. The van der Waals surface area contributed by atoms with Gasteiger partial charge in [-0.1, -0.05) is 47.5 Å². The van der Waals surface area contributed by atoms with Gasteiger partial charge in [0.1, 0.15) is 0 Å². The first-order valence-electron chi connectivity index (χ1n) is 11.9. The molecule has 0 atom stereocenters. The zero-order chi connectivity index (χ0) is 27.5. The van der Waals surface area contributed by atoms with Crippen molar-refractivity contribution < 1.29 is 26.4 Å². The van der Waals surface area contributed by atoms with Crippen molar-refractivity contribution in [2.45, 2.75) is 24.5 Å². The molecule has 3 aromatic carbocycles. The van der Waals surface area contributed by atoms with E-state index in [0.29, 0.717) is 29.4 Å². The molecule has 0 unspecified atom stereocenters. The fourth-order valence-corrected chi connectivity index (χ4v) is 5.86. The quantitative estimate of drug-likeness (QED) is 0.395. The van der Waals surface area contributed by atoms with Crippen LogP contribution >= 0.6 is 11.6 Å². The Morgan fingerprint density at radius 3 is 2.24 bits per heavy atom. The van der Waals surface area contributed by atoms with Crippen molar-refractivity contribution in [3.8, 4) is 0 Å². The zero-order valence-corrected chi connectivity index (χ0v) is 22.2. The summed E-state index contributed by atoms with van der Waals surface area (Å²) in [6.07, 6.45) is -4.44. The average molecular weight is 566 g/mol.